The Hall–Kier alpha value is -1.03. The Labute approximate surface area is 81.9 Å². The molecule has 0 atom stereocenters. The quantitative estimate of drug-likeness (QED) is 0.802. The van der Waals surface area contributed by atoms with Crippen molar-refractivity contribution in [1.82, 2.24) is 15.1 Å². The molecule has 1 aromatic rings. The first-order valence-corrected chi connectivity index (χ1v) is 4.58. The van der Waals surface area contributed by atoms with Gasteiger partial charge < -0.3 is 5.32 Å². The fourth-order valence-corrected chi connectivity index (χ4v) is 1.19. The Morgan fingerprint density at radius 1 is 1.69 bits per heavy atom. The number of nitrogens with zero attached hydrogens (tertiary/aromatic N) is 2. The van der Waals surface area contributed by atoms with Crippen LogP contribution in [0, 0.1) is 0 Å². The van der Waals surface area contributed by atoms with Gasteiger partial charge >= 0.3 is 0 Å². The number of aryl methyl sites for hydroxylation is 1. The summed E-state index contributed by atoms with van der Waals surface area (Å²) in [5.41, 5.74) is 0.297. The van der Waals surface area contributed by atoms with E-state index in [0.29, 0.717) is 23.8 Å². The molecule has 1 amide bonds. The van der Waals surface area contributed by atoms with E-state index in [1.165, 1.54) is 0 Å². The van der Waals surface area contributed by atoms with E-state index >= 15 is 0 Å². The van der Waals surface area contributed by atoms with Gasteiger partial charge in [0.05, 0.1) is 5.02 Å². The number of hydrogen-bond acceptors (Lipinski definition) is 2. The fourth-order valence-electron chi connectivity index (χ4n) is 0.957. The predicted molar refractivity (Wildman–Crippen MR) is 50.9 cm³/mol. The van der Waals surface area contributed by atoms with E-state index in [9.17, 15) is 4.79 Å². The highest BCUT2D eigenvalue weighted by Gasteiger charge is 2.13. The lowest BCUT2D eigenvalue weighted by Gasteiger charge is -1.97. The molecular weight excluding hydrogens is 190 g/mol. The maximum atomic E-state index is 11.3. The molecule has 0 fully saturated rings. The van der Waals surface area contributed by atoms with Crippen molar-refractivity contribution >= 4 is 17.5 Å². The molecule has 1 aromatic heterocycles. The summed E-state index contributed by atoms with van der Waals surface area (Å²) < 4.78 is 1.63. The summed E-state index contributed by atoms with van der Waals surface area (Å²) in [6, 6.07) is 0. The fraction of sp³-hybridized carbons (Fsp3) is 0.500. The molecule has 13 heavy (non-hydrogen) atoms. The highest BCUT2D eigenvalue weighted by atomic mass is 35.5. The Morgan fingerprint density at radius 2 is 2.38 bits per heavy atom. The molecule has 0 aliphatic carbocycles. The number of nitrogens with one attached hydrogen (secondary N) is 1. The molecule has 0 aliphatic heterocycles. The molecule has 0 spiro atoms. The molecule has 0 unspecified atom stereocenters. The van der Waals surface area contributed by atoms with Crippen molar-refractivity contribution < 1.29 is 4.79 Å². The van der Waals surface area contributed by atoms with Gasteiger partial charge in [-0.1, -0.05) is 11.6 Å². The summed E-state index contributed by atoms with van der Waals surface area (Å²) in [4.78, 5) is 11.3. The first-order valence-electron chi connectivity index (χ1n) is 4.20. The summed E-state index contributed by atoms with van der Waals surface area (Å²) in [5.74, 6) is -0.222. The topological polar surface area (TPSA) is 46.9 Å². The molecule has 4 nitrogen and oxygen atoms in total. The second-order valence-corrected chi connectivity index (χ2v) is 2.95. The van der Waals surface area contributed by atoms with Gasteiger partial charge in [0.2, 0.25) is 0 Å². The van der Waals surface area contributed by atoms with Crippen LogP contribution in [0.15, 0.2) is 6.20 Å². The van der Waals surface area contributed by atoms with Crippen LogP contribution in [0.5, 0.6) is 0 Å². The van der Waals surface area contributed by atoms with Gasteiger partial charge in [0.1, 0.15) is 0 Å². The minimum atomic E-state index is -0.222. The minimum absolute atomic E-state index is 0.222. The van der Waals surface area contributed by atoms with Crippen molar-refractivity contribution in [3.63, 3.8) is 0 Å². The number of rotatable bonds is 3. The van der Waals surface area contributed by atoms with Gasteiger partial charge in [0, 0.05) is 19.3 Å². The predicted octanol–water partition coefficient (Wildman–Crippen LogP) is 1.31. The Morgan fingerprint density at radius 3 is 2.85 bits per heavy atom. The number of aromatic nitrogens is 2. The smallest absolute Gasteiger partial charge is 0.273 e. The number of amides is 1. The van der Waals surface area contributed by atoms with Gasteiger partial charge in [-0.25, -0.2) is 0 Å². The Bertz CT molecular complexity index is 308. The van der Waals surface area contributed by atoms with Crippen molar-refractivity contribution in [1.29, 1.82) is 0 Å². The molecule has 72 valence electrons. The molecule has 0 saturated heterocycles. The lowest BCUT2D eigenvalue weighted by molar-refractivity contribution is 0.0950. The standard InChI is InChI=1S/C8H12ClN3O/c1-3-10-8(13)7-6(9)5-12(4-2)11-7/h5H,3-4H2,1-2H3,(H,10,13). The Balaban J connectivity index is 2.87. The van der Waals surface area contributed by atoms with E-state index in [1.807, 2.05) is 13.8 Å². The van der Waals surface area contributed by atoms with Crippen molar-refractivity contribution in [3.05, 3.63) is 16.9 Å². The third-order valence-corrected chi connectivity index (χ3v) is 1.87. The van der Waals surface area contributed by atoms with Gasteiger partial charge in [0.15, 0.2) is 5.69 Å². The highest BCUT2D eigenvalue weighted by molar-refractivity contribution is 6.33. The first kappa shape index (κ1) is 10.1. The summed E-state index contributed by atoms with van der Waals surface area (Å²) >= 11 is 5.81. The lowest BCUT2D eigenvalue weighted by Crippen LogP contribution is -2.23. The molecule has 0 aliphatic rings. The number of carbonyl (C=O) groups excluding carboxylic acids is 1. The van der Waals surface area contributed by atoms with E-state index in [0.717, 1.165) is 0 Å². The maximum absolute atomic E-state index is 11.3. The molecular formula is C8H12ClN3O. The lowest BCUT2D eigenvalue weighted by atomic mass is 10.4. The van der Waals surface area contributed by atoms with Crippen molar-refractivity contribution in [3.8, 4) is 0 Å². The molecule has 1 heterocycles. The van der Waals surface area contributed by atoms with Crippen molar-refractivity contribution in [2.24, 2.45) is 0 Å². The van der Waals surface area contributed by atoms with Crippen LogP contribution in [0.4, 0.5) is 0 Å². The first-order chi connectivity index (χ1) is 6.19. The number of halogens is 1. The maximum Gasteiger partial charge on any atom is 0.273 e. The van der Waals surface area contributed by atoms with E-state index in [-0.39, 0.29) is 5.91 Å². The molecule has 1 rings (SSSR count). The molecule has 5 heteroatoms. The largest absolute Gasteiger partial charge is 0.351 e. The third-order valence-electron chi connectivity index (χ3n) is 1.59. The number of hydrogen-bond donors (Lipinski definition) is 1. The van der Waals surface area contributed by atoms with Crippen LogP contribution in [0.2, 0.25) is 5.02 Å². The summed E-state index contributed by atoms with van der Waals surface area (Å²) in [6.07, 6.45) is 1.64. The zero-order chi connectivity index (χ0) is 9.84. The zero-order valence-electron chi connectivity index (χ0n) is 7.67. The van der Waals surface area contributed by atoms with E-state index in [4.69, 9.17) is 11.6 Å². The number of carbonyl (C=O) groups is 1. The van der Waals surface area contributed by atoms with E-state index < -0.39 is 0 Å². The van der Waals surface area contributed by atoms with E-state index in [2.05, 4.69) is 10.4 Å². The highest BCUT2D eigenvalue weighted by Crippen LogP contribution is 2.13. The Kier molecular flexibility index (Phi) is 3.31. The van der Waals surface area contributed by atoms with Gasteiger partial charge in [-0.15, -0.1) is 0 Å². The SMILES string of the molecule is CCNC(=O)c1nn(CC)cc1Cl. The van der Waals surface area contributed by atoms with Crippen molar-refractivity contribution in [2.75, 3.05) is 6.54 Å². The molecule has 0 bridgehead atoms. The van der Waals surface area contributed by atoms with Gasteiger partial charge in [0.25, 0.3) is 5.91 Å². The third kappa shape index (κ3) is 2.21. The van der Waals surface area contributed by atoms with Crippen LogP contribution in [0.1, 0.15) is 24.3 Å². The summed E-state index contributed by atoms with van der Waals surface area (Å²) in [6.45, 7) is 5.07. The van der Waals surface area contributed by atoms with Crippen LogP contribution in [-0.2, 0) is 6.54 Å². The average molecular weight is 202 g/mol. The average Bonchev–Trinajstić information content (AvgIpc) is 2.47. The normalized spacial score (nSPS) is 10.1. The van der Waals surface area contributed by atoms with Gasteiger partial charge in [-0.05, 0) is 13.8 Å². The van der Waals surface area contributed by atoms with Crippen LogP contribution >= 0.6 is 11.6 Å². The molecule has 0 radical (unpaired) electrons. The van der Waals surface area contributed by atoms with Crippen LogP contribution in [-0.4, -0.2) is 22.2 Å². The van der Waals surface area contributed by atoms with E-state index in [1.54, 1.807) is 10.9 Å². The van der Waals surface area contributed by atoms with Crippen LogP contribution in [0.25, 0.3) is 0 Å². The minimum Gasteiger partial charge on any atom is -0.351 e. The van der Waals surface area contributed by atoms with Crippen molar-refractivity contribution in [2.45, 2.75) is 20.4 Å². The van der Waals surface area contributed by atoms with Crippen LogP contribution < -0.4 is 5.32 Å². The molecule has 1 N–H and O–H groups in total. The molecule has 0 saturated carbocycles. The summed E-state index contributed by atoms with van der Waals surface area (Å²) in [5, 5.41) is 7.06. The summed E-state index contributed by atoms with van der Waals surface area (Å²) in [7, 11) is 0. The van der Waals surface area contributed by atoms with Gasteiger partial charge in [-0.3, -0.25) is 9.48 Å². The van der Waals surface area contributed by atoms with Gasteiger partial charge in [-0.2, -0.15) is 5.10 Å². The second kappa shape index (κ2) is 4.28. The molecule has 0 aromatic carbocycles. The zero-order valence-corrected chi connectivity index (χ0v) is 8.43. The van der Waals surface area contributed by atoms with Crippen LogP contribution in [0.3, 0.4) is 0 Å². The second-order valence-electron chi connectivity index (χ2n) is 2.54. The monoisotopic (exact) mass is 201 g/mol.